The Balaban J connectivity index is 1.73. The van der Waals surface area contributed by atoms with Crippen LogP contribution in [-0.4, -0.2) is 27.1 Å². The average molecular weight is 376 g/mol. The molecule has 0 atom stereocenters. The lowest BCUT2D eigenvalue weighted by atomic mass is 10.3. The van der Waals surface area contributed by atoms with Gasteiger partial charge in [-0.25, -0.2) is 4.99 Å². The van der Waals surface area contributed by atoms with Gasteiger partial charge in [0, 0.05) is 5.69 Å². The number of rotatable bonds is 5. The van der Waals surface area contributed by atoms with Crippen molar-refractivity contribution >= 4 is 11.6 Å². The van der Waals surface area contributed by atoms with Crippen LogP contribution in [0.15, 0.2) is 65.9 Å². The van der Waals surface area contributed by atoms with Gasteiger partial charge in [-0.15, -0.1) is 23.4 Å². The van der Waals surface area contributed by atoms with Crippen molar-refractivity contribution in [3.8, 4) is 11.4 Å². The molecule has 27 heavy (non-hydrogen) atoms. The van der Waals surface area contributed by atoms with Crippen LogP contribution in [0.1, 0.15) is 5.82 Å². The maximum atomic E-state index is 12.5. The van der Waals surface area contributed by atoms with E-state index in [1.54, 1.807) is 10.6 Å². The monoisotopic (exact) mass is 376 g/mol. The van der Waals surface area contributed by atoms with E-state index in [4.69, 9.17) is 5.73 Å². The average Bonchev–Trinajstić information content (AvgIpc) is 3.10. The molecular weight excluding hydrogens is 361 g/mol. The predicted octanol–water partition coefficient (Wildman–Crippen LogP) is 3.09. The summed E-state index contributed by atoms with van der Waals surface area (Å²) in [6, 6.07) is 14.9. The number of nitrogens with zero attached hydrogens (tertiary/aromatic N) is 4. The van der Waals surface area contributed by atoms with E-state index in [0.717, 1.165) is 5.69 Å². The molecule has 0 amide bonds. The van der Waals surface area contributed by atoms with Crippen LogP contribution in [0.4, 0.5) is 18.9 Å². The minimum atomic E-state index is -4.81. The van der Waals surface area contributed by atoms with Crippen LogP contribution in [0, 0.1) is 0 Å². The molecule has 0 aliphatic rings. The Kier molecular flexibility index (Phi) is 5.25. The first-order valence-electron chi connectivity index (χ1n) is 7.78. The third-order valence-electron chi connectivity index (χ3n) is 3.42. The van der Waals surface area contributed by atoms with Gasteiger partial charge in [-0.2, -0.15) is 0 Å². The Bertz CT molecular complexity index is 924. The number of halogens is 3. The summed E-state index contributed by atoms with van der Waals surface area (Å²) in [5.41, 5.74) is 6.68. The first-order valence-corrected chi connectivity index (χ1v) is 7.78. The highest BCUT2D eigenvalue weighted by atomic mass is 19.4. The van der Waals surface area contributed by atoms with Crippen molar-refractivity contribution in [3.63, 3.8) is 0 Å². The summed E-state index contributed by atoms with van der Waals surface area (Å²) in [6.45, 7) is 0.0794. The summed E-state index contributed by atoms with van der Waals surface area (Å²) in [7, 11) is 0. The van der Waals surface area contributed by atoms with Gasteiger partial charge >= 0.3 is 6.36 Å². The molecule has 7 nitrogen and oxygen atoms in total. The molecule has 0 aliphatic carbocycles. The van der Waals surface area contributed by atoms with Crippen LogP contribution in [0.2, 0.25) is 0 Å². The normalized spacial score (nSPS) is 12.0. The van der Waals surface area contributed by atoms with E-state index in [0.29, 0.717) is 5.82 Å². The number of benzene rings is 2. The highest BCUT2D eigenvalue weighted by Crippen LogP contribution is 2.29. The summed E-state index contributed by atoms with van der Waals surface area (Å²) in [4.78, 5) is 4.11. The van der Waals surface area contributed by atoms with E-state index in [9.17, 15) is 13.2 Å². The predicted molar refractivity (Wildman–Crippen MR) is 93.4 cm³/mol. The van der Waals surface area contributed by atoms with Crippen LogP contribution >= 0.6 is 0 Å². The highest BCUT2D eigenvalue weighted by Gasteiger charge is 2.32. The van der Waals surface area contributed by atoms with E-state index in [1.807, 2.05) is 30.3 Å². The number of anilines is 1. The standard InChI is InChI=1S/C17H15F3N6O/c18-17(19,20)27-14-9-5-4-8-13(14)24-16(21)22-10-15-25-23-11-26(15)12-6-2-1-3-7-12/h1-9,11H,10H2,(H3,21,22,24). The second-order valence-electron chi connectivity index (χ2n) is 5.32. The van der Waals surface area contributed by atoms with Gasteiger partial charge in [0.1, 0.15) is 12.9 Å². The lowest BCUT2D eigenvalue weighted by Gasteiger charge is -2.14. The second-order valence-corrected chi connectivity index (χ2v) is 5.32. The van der Waals surface area contributed by atoms with Gasteiger partial charge in [0.25, 0.3) is 0 Å². The molecule has 3 rings (SSSR count). The summed E-state index contributed by atoms with van der Waals surface area (Å²) >= 11 is 0. The molecule has 0 spiro atoms. The zero-order valence-corrected chi connectivity index (χ0v) is 13.9. The number of ether oxygens (including phenoxy) is 1. The van der Waals surface area contributed by atoms with Crippen molar-refractivity contribution in [2.24, 2.45) is 10.7 Å². The fraction of sp³-hybridized carbons (Fsp3) is 0.118. The fourth-order valence-corrected chi connectivity index (χ4v) is 2.29. The molecule has 1 heterocycles. The van der Waals surface area contributed by atoms with Gasteiger partial charge in [-0.3, -0.25) is 4.57 Å². The Labute approximate surface area is 152 Å². The number of alkyl halides is 3. The van der Waals surface area contributed by atoms with Crippen molar-refractivity contribution < 1.29 is 17.9 Å². The first kappa shape index (κ1) is 18.2. The SMILES string of the molecule is NC(=NCc1nncn1-c1ccccc1)Nc1ccccc1OC(F)(F)F. The van der Waals surface area contributed by atoms with Gasteiger partial charge in [0.15, 0.2) is 17.5 Å². The zero-order chi connectivity index (χ0) is 19.3. The second kappa shape index (κ2) is 7.77. The molecule has 1 aromatic heterocycles. The number of hydrogen-bond acceptors (Lipinski definition) is 4. The Morgan fingerprint density at radius 1 is 1.11 bits per heavy atom. The molecule has 0 fully saturated rings. The highest BCUT2D eigenvalue weighted by molar-refractivity contribution is 5.93. The van der Waals surface area contributed by atoms with Crippen molar-refractivity contribution in [2.75, 3.05) is 5.32 Å². The van der Waals surface area contributed by atoms with E-state index in [-0.39, 0.29) is 18.2 Å². The maximum Gasteiger partial charge on any atom is 0.573 e. The molecule has 3 N–H and O–H groups in total. The molecule has 0 saturated heterocycles. The Hall–Kier alpha value is -3.56. The third-order valence-corrected chi connectivity index (χ3v) is 3.42. The van der Waals surface area contributed by atoms with Gasteiger partial charge in [0.2, 0.25) is 0 Å². The summed E-state index contributed by atoms with van der Waals surface area (Å²) in [5, 5.41) is 10.4. The molecule has 10 heteroatoms. The van der Waals surface area contributed by atoms with Crippen molar-refractivity contribution in [2.45, 2.75) is 12.9 Å². The van der Waals surface area contributed by atoms with E-state index in [2.05, 4.69) is 25.2 Å². The maximum absolute atomic E-state index is 12.5. The molecule has 0 bridgehead atoms. The van der Waals surface area contributed by atoms with Crippen LogP contribution in [0.25, 0.3) is 5.69 Å². The molecule has 0 saturated carbocycles. The molecule has 140 valence electrons. The summed E-state index contributed by atoms with van der Waals surface area (Å²) in [5.74, 6) is 0.0252. The fourth-order valence-electron chi connectivity index (χ4n) is 2.29. The third kappa shape index (κ3) is 4.97. The van der Waals surface area contributed by atoms with Crippen molar-refractivity contribution in [1.82, 2.24) is 14.8 Å². The Morgan fingerprint density at radius 2 is 1.81 bits per heavy atom. The lowest BCUT2D eigenvalue weighted by molar-refractivity contribution is -0.274. The van der Waals surface area contributed by atoms with Crippen LogP contribution in [0.3, 0.4) is 0 Å². The van der Waals surface area contributed by atoms with Gasteiger partial charge < -0.3 is 15.8 Å². The minimum Gasteiger partial charge on any atom is -0.404 e. The molecule has 2 aromatic carbocycles. The first-order chi connectivity index (χ1) is 12.9. The molecule has 0 radical (unpaired) electrons. The zero-order valence-electron chi connectivity index (χ0n) is 13.9. The molecule has 0 aliphatic heterocycles. The van der Waals surface area contributed by atoms with E-state index < -0.39 is 12.1 Å². The van der Waals surface area contributed by atoms with Gasteiger partial charge in [0.05, 0.1) is 5.69 Å². The minimum absolute atomic E-state index is 0.0422. The van der Waals surface area contributed by atoms with Crippen LogP contribution < -0.4 is 15.8 Å². The number of guanidine groups is 1. The number of hydrogen-bond donors (Lipinski definition) is 2. The van der Waals surface area contributed by atoms with Crippen LogP contribution in [-0.2, 0) is 6.54 Å². The van der Waals surface area contributed by atoms with Gasteiger partial charge in [-0.05, 0) is 24.3 Å². The number of aromatic nitrogens is 3. The summed E-state index contributed by atoms with van der Waals surface area (Å²) < 4.78 is 43.1. The van der Waals surface area contributed by atoms with Crippen LogP contribution in [0.5, 0.6) is 5.75 Å². The van der Waals surface area contributed by atoms with Gasteiger partial charge in [-0.1, -0.05) is 30.3 Å². The number of nitrogens with one attached hydrogen (secondary N) is 1. The number of nitrogens with two attached hydrogens (primary N) is 1. The lowest BCUT2D eigenvalue weighted by Crippen LogP contribution is -2.24. The molecule has 0 unspecified atom stereocenters. The summed E-state index contributed by atoms with van der Waals surface area (Å²) in [6.07, 6.45) is -3.27. The smallest absolute Gasteiger partial charge is 0.404 e. The molecular formula is C17H15F3N6O. The molecule has 3 aromatic rings. The van der Waals surface area contributed by atoms with Crippen molar-refractivity contribution in [1.29, 1.82) is 0 Å². The largest absolute Gasteiger partial charge is 0.573 e. The van der Waals surface area contributed by atoms with E-state index >= 15 is 0 Å². The Morgan fingerprint density at radius 3 is 2.56 bits per heavy atom. The van der Waals surface area contributed by atoms with Crippen molar-refractivity contribution in [3.05, 3.63) is 66.7 Å². The number of para-hydroxylation sites is 3. The van der Waals surface area contributed by atoms with E-state index in [1.165, 1.54) is 24.5 Å². The topological polar surface area (TPSA) is 90.4 Å². The number of aliphatic imine (C=N–C) groups is 1. The quantitative estimate of drug-likeness (QED) is 0.528.